The van der Waals surface area contributed by atoms with Gasteiger partial charge in [0.1, 0.15) is 6.10 Å². The Kier molecular flexibility index (Phi) is 38.7. The number of carbonyl (C=O) groups excluding carboxylic acids is 1. The summed E-state index contributed by atoms with van der Waals surface area (Å²) >= 11 is 0. The van der Waals surface area contributed by atoms with Crippen molar-refractivity contribution < 1.29 is 39.2 Å². The molecule has 1 rings (SSSR count). The SMILES string of the molecule is CCCCC/C=C\C/C=C\CCCCCCCCC(CCCCCCCC/C=C\C/C=C\CCCCC)OC(=O)CCCN(C)C.O=C(O)c1cc(C(=O)O)cc(C(=O)O)c1. The molecule has 0 aliphatic carbocycles. The van der Waals surface area contributed by atoms with Gasteiger partial charge in [-0.05, 0) is 135 Å². The number of carboxylic acid groups (broad SMARTS) is 3. The molecule has 61 heavy (non-hydrogen) atoms. The van der Waals surface area contributed by atoms with Crippen LogP contribution >= 0.6 is 0 Å². The van der Waals surface area contributed by atoms with Crippen molar-refractivity contribution >= 4 is 23.9 Å². The lowest BCUT2D eigenvalue weighted by molar-refractivity contribution is -0.150. The largest absolute Gasteiger partial charge is 0.478 e. The van der Waals surface area contributed by atoms with Crippen molar-refractivity contribution in [2.75, 3.05) is 20.6 Å². The number of ether oxygens (including phenoxy) is 1. The number of aromatic carboxylic acids is 3. The highest BCUT2D eigenvalue weighted by Gasteiger charge is 2.15. The third-order valence-corrected chi connectivity index (χ3v) is 10.4. The highest BCUT2D eigenvalue weighted by molar-refractivity contribution is 5.98. The summed E-state index contributed by atoms with van der Waals surface area (Å²) in [6, 6.07) is 2.70. The van der Waals surface area contributed by atoms with Crippen molar-refractivity contribution in [3.05, 3.63) is 83.5 Å². The van der Waals surface area contributed by atoms with E-state index in [0.29, 0.717) is 6.42 Å². The Balaban J connectivity index is 0.00000200. The zero-order valence-electron chi connectivity index (χ0n) is 38.8. The van der Waals surface area contributed by atoms with Gasteiger partial charge >= 0.3 is 23.9 Å². The molecule has 0 heterocycles. The van der Waals surface area contributed by atoms with E-state index in [-0.39, 0.29) is 28.8 Å². The van der Waals surface area contributed by atoms with Crippen LogP contribution in [0, 0.1) is 0 Å². The number of allylic oxidation sites excluding steroid dienone is 8. The number of carbonyl (C=O) groups is 4. The van der Waals surface area contributed by atoms with E-state index >= 15 is 0 Å². The second kappa shape index (κ2) is 41.4. The maximum absolute atomic E-state index is 12.5. The molecule has 0 aromatic heterocycles. The lowest BCUT2D eigenvalue weighted by atomic mass is 10.0. The minimum atomic E-state index is -1.37. The van der Waals surface area contributed by atoms with Crippen LogP contribution < -0.4 is 0 Å². The predicted molar refractivity (Wildman–Crippen MR) is 253 cm³/mol. The third kappa shape index (κ3) is 37.5. The zero-order chi connectivity index (χ0) is 45.2. The molecule has 0 aliphatic rings. The standard InChI is InChI=1S/C43H79NO2.C9H6O6/c1-5-7-9-11-13-15-17-19-21-23-25-27-29-31-33-35-38-42(46-43(45)40-37-41-44(3)4)39-36-34-32-30-28-26-24-22-20-18-16-14-12-10-8-6-2;10-7(11)4-1-5(8(12)13)3-6(2-4)9(14)15/h13-16,19-22,42H,5-12,17-18,23-41H2,1-4H3;1-3H,(H,10,11)(H,12,13)(H,14,15)/b15-13-,16-14-,21-19-,22-20-;. The molecular weight excluding hydrogens is 767 g/mol. The molecule has 0 amide bonds. The predicted octanol–water partition coefficient (Wildman–Crippen LogP) is 14.4. The van der Waals surface area contributed by atoms with Gasteiger partial charge in [0.25, 0.3) is 0 Å². The lowest BCUT2D eigenvalue weighted by Crippen LogP contribution is -2.20. The van der Waals surface area contributed by atoms with Gasteiger partial charge in [0.05, 0.1) is 16.7 Å². The normalized spacial score (nSPS) is 11.7. The number of hydrogen-bond donors (Lipinski definition) is 3. The number of nitrogens with zero attached hydrogens (tertiary/aromatic N) is 1. The first kappa shape index (κ1) is 57.0. The highest BCUT2D eigenvalue weighted by atomic mass is 16.5. The molecule has 0 saturated heterocycles. The molecule has 0 fully saturated rings. The van der Waals surface area contributed by atoms with Crippen molar-refractivity contribution in [2.24, 2.45) is 0 Å². The van der Waals surface area contributed by atoms with Crippen molar-refractivity contribution in [3.8, 4) is 0 Å². The third-order valence-electron chi connectivity index (χ3n) is 10.4. The minimum absolute atomic E-state index is 0.00641. The second-order valence-corrected chi connectivity index (χ2v) is 16.5. The molecule has 9 nitrogen and oxygen atoms in total. The molecule has 0 aliphatic heterocycles. The van der Waals surface area contributed by atoms with E-state index in [2.05, 4.69) is 81.5 Å². The average Bonchev–Trinajstić information content (AvgIpc) is 3.23. The molecule has 0 bridgehead atoms. The van der Waals surface area contributed by atoms with Gasteiger partial charge in [-0.3, -0.25) is 4.79 Å². The number of carboxylic acids is 3. The van der Waals surface area contributed by atoms with E-state index in [9.17, 15) is 19.2 Å². The molecule has 0 atom stereocenters. The smallest absolute Gasteiger partial charge is 0.335 e. The Morgan fingerprint density at radius 2 is 0.820 bits per heavy atom. The molecule has 1 aromatic carbocycles. The van der Waals surface area contributed by atoms with E-state index in [1.54, 1.807) is 0 Å². The summed E-state index contributed by atoms with van der Waals surface area (Å²) in [6.45, 7) is 5.46. The van der Waals surface area contributed by atoms with Crippen LogP contribution in [-0.4, -0.2) is 70.8 Å². The number of unbranched alkanes of at least 4 members (excludes halogenated alkanes) is 18. The van der Waals surface area contributed by atoms with Gasteiger partial charge in [0.2, 0.25) is 0 Å². The summed E-state index contributed by atoms with van der Waals surface area (Å²) < 4.78 is 6.00. The molecule has 346 valence electrons. The number of rotatable bonds is 38. The Hall–Kier alpha value is -3.98. The van der Waals surface area contributed by atoms with Crippen LogP contribution in [0.15, 0.2) is 66.8 Å². The lowest BCUT2D eigenvalue weighted by Gasteiger charge is -2.18. The first-order valence-electron chi connectivity index (χ1n) is 23.8. The van der Waals surface area contributed by atoms with Gasteiger partial charge in [0.15, 0.2) is 0 Å². The summed E-state index contributed by atoms with van der Waals surface area (Å²) in [6.07, 6.45) is 52.8. The van der Waals surface area contributed by atoms with Gasteiger partial charge in [-0.15, -0.1) is 0 Å². The fourth-order valence-corrected chi connectivity index (χ4v) is 6.77. The highest BCUT2D eigenvalue weighted by Crippen LogP contribution is 2.19. The van der Waals surface area contributed by atoms with E-state index in [1.165, 1.54) is 141 Å². The van der Waals surface area contributed by atoms with Crippen LogP contribution in [0.5, 0.6) is 0 Å². The van der Waals surface area contributed by atoms with Crippen molar-refractivity contribution in [2.45, 2.75) is 200 Å². The Labute approximate surface area is 370 Å². The fourth-order valence-electron chi connectivity index (χ4n) is 6.77. The van der Waals surface area contributed by atoms with Crippen LogP contribution in [-0.2, 0) is 9.53 Å². The molecular formula is C52H85NO8. The van der Waals surface area contributed by atoms with Gasteiger partial charge in [0, 0.05) is 6.42 Å². The molecule has 0 saturated carbocycles. The molecule has 9 heteroatoms. The first-order valence-corrected chi connectivity index (χ1v) is 23.8. The maximum atomic E-state index is 12.5. The zero-order valence-corrected chi connectivity index (χ0v) is 38.8. The first-order chi connectivity index (χ1) is 29.5. The van der Waals surface area contributed by atoms with Crippen LogP contribution in [0.25, 0.3) is 0 Å². The molecule has 0 unspecified atom stereocenters. The van der Waals surface area contributed by atoms with Gasteiger partial charge in [-0.25, -0.2) is 14.4 Å². The summed E-state index contributed by atoms with van der Waals surface area (Å²) in [5, 5.41) is 25.8. The number of esters is 1. The Morgan fingerprint density at radius 3 is 1.15 bits per heavy atom. The second-order valence-electron chi connectivity index (χ2n) is 16.5. The average molecular weight is 852 g/mol. The maximum Gasteiger partial charge on any atom is 0.335 e. The summed E-state index contributed by atoms with van der Waals surface area (Å²) in [5.74, 6) is -4.12. The van der Waals surface area contributed by atoms with Gasteiger partial charge < -0.3 is 25.0 Å². The van der Waals surface area contributed by atoms with E-state index < -0.39 is 17.9 Å². The van der Waals surface area contributed by atoms with Crippen LogP contribution in [0.3, 0.4) is 0 Å². The van der Waals surface area contributed by atoms with Crippen molar-refractivity contribution in [1.82, 2.24) is 4.90 Å². The summed E-state index contributed by atoms with van der Waals surface area (Å²) in [7, 11) is 4.12. The molecule has 1 aromatic rings. The van der Waals surface area contributed by atoms with Gasteiger partial charge in [-0.2, -0.15) is 0 Å². The number of hydrogen-bond acceptors (Lipinski definition) is 6. The van der Waals surface area contributed by atoms with Crippen molar-refractivity contribution in [1.29, 1.82) is 0 Å². The fraction of sp³-hybridized carbons (Fsp3) is 0.654. The molecule has 0 radical (unpaired) electrons. The summed E-state index contributed by atoms with van der Waals surface area (Å²) in [4.78, 5) is 46.4. The Morgan fingerprint density at radius 1 is 0.492 bits per heavy atom. The van der Waals surface area contributed by atoms with Crippen LogP contribution in [0.1, 0.15) is 225 Å². The van der Waals surface area contributed by atoms with Crippen LogP contribution in [0.4, 0.5) is 0 Å². The van der Waals surface area contributed by atoms with E-state index in [4.69, 9.17) is 20.1 Å². The topological polar surface area (TPSA) is 141 Å². The monoisotopic (exact) mass is 852 g/mol. The molecule has 3 N–H and O–H groups in total. The van der Waals surface area contributed by atoms with Crippen molar-refractivity contribution in [3.63, 3.8) is 0 Å². The van der Waals surface area contributed by atoms with Crippen LogP contribution in [0.2, 0.25) is 0 Å². The number of benzene rings is 1. The Bertz CT molecular complexity index is 1270. The van der Waals surface area contributed by atoms with E-state index in [0.717, 1.165) is 56.8 Å². The minimum Gasteiger partial charge on any atom is -0.478 e. The van der Waals surface area contributed by atoms with E-state index in [1.807, 2.05) is 0 Å². The summed E-state index contributed by atoms with van der Waals surface area (Å²) in [5.41, 5.74) is -1.10. The quantitative estimate of drug-likeness (QED) is 0.0337. The molecule has 0 spiro atoms. The van der Waals surface area contributed by atoms with Gasteiger partial charge in [-0.1, -0.05) is 140 Å².